The lowest BCUT2D eigenvalue weighted by Crippen LogP contribution is -1.96. The summed E-state index contributed by atoms with van der Waals surface area (Å²) in [6, 6.07) is 5.08. The Morgan fingerprint density at radius 2 is 2.21 bits per heavy atom. The molecule has 76 valence electrons. The van der Waals surface area contributed by atoms with Crippen molar-refractivity contribution >= 4 is 15.9 Å². The molecule has 0 aliphatic carbocycles. The average Bonchev–Trinajstić information content (AvgIpc) is 2.18. The summed E-state index contributed by atoms with van der Waals surface area (Å²) in [6.45, 7) is 4.01. The summed E-state index contributed by atoms with van der Waals surface area (Å²) in [5.74, 6) is 0.105. The number of hydrogen-bond donors (Lipinski definition) is 0. The Morgan fingerprint density at radius 1 is 1.50 bits per heavy atom. The monoisotopic (exact) mass is 256 g/mol. The van der Waals surface area contributed by atoms with Gasteiger partial charge in [0.1, 0.15) is 5.82 Å². The molecule has 2 heteroatoms. The first-order valence-corrected chi connectivity index (χ1v) is 5.50. The molecule has 0 aliphatic rings. The molecule has 0 saturated heterocycles. The van der Waals surface area contributed by atoms with Crippen molar-refractivity contribution in [2.24, 2.45) is 0 Å². The van der Waals surface area contributed by atoms with Gasteiger partial charge in [-0.2, -0.15) is 0 Å². The van der Waals surface area contributed by atoms with Crippen molar-refractivity contribution in [2.75, 3.05) is 0 Å². The molecule has 1 rings (SSSR count). The third kappa shape index (κ3) is 2.95. The number of allylic oxidation sites excluding steroid dienone is 2. The van der Waals surface area contributed by atoms with E-state index in [4.69, 9.17) is 0 Å². The Morgan fingerprint density at radius 3 is 2.86 bits per heavy atom. The Hall–Kier alpha value is -0.630. The summed E-state index contributed by atoms with van der Waals surface area (Å²) in [7, 11) is 0. The van der Waals surface area contributed by atoms with Gasteiger partial charge in [0.05, 0.1) is 0 Å². The highest BCUT2D eigenvalue weighted by Gasteiger charge is 2.09. The van der Waals surface area contributed by atoms with Crippen LogP contribution in [0.15, 0.2) is 34.8 Å². The predicted octanol–water partition coefficient (Wildman–Crippen LogP) is 4.66. The number of halogens is 2. The van der Waals surface area contributed by atoms with Crippen molar-refractivity contribution in [1.29, 1.82) is 0 Å². The van der Waals surface area contributed by atoms with E-state index in [1.807, 2.05) is 26.0 Å². The van der Waals surface area contributed by atoms with Gasteiger partial charge in [-0.3, -0.25) is 0 Å². The number of benzene rings is 1. The molecule has 1 aromatic carbocycles. The Labute approximate surface area is 93.0 Å². The van der Waals surface area contributed by atoms with Crippen molar-refractivity contribution < 1.29 is 4.39 Å². The highest BCUT2D eigenvalue weighted by molar-refractivity contribution is 9.10. The maximum atomic E-state index is 13.4. The van der Waals surface area contributed by atoms with Gasteiger partial charge in [-0.05, 0) is 43.0 Å². The third-order valence-corrected chi connectivity index (χ3v) is 2.71. The van der Waals surface area contributed by atoms with E-state index in [0.717, 1.165) is 16.5 Å². The van der Waals surface area contributed by atoms with Crippen LogP contribution >= 0.6 is 15.9 Å². The molecule has 0 N–H and O–H groups in total. The average molecular weight is 257 g/mol. The number of hydrogen-bond acceptors (Lipinski definition) is 0. The van der Waals surface area contributed by atoms with Gasteiger partial charge in [0.2, 0.25) is 0 Å². The second-order valence-electron chi connectivity index (χ2n) is 3.37. The molecule has 14 heavy (non-hydrogen) atoms. The van der Waals surface area contributed by atoms with E-state index in [9.17, 15) is 4.39 Å². The topological polar surface area (TPSA) is 0 Å². The summed E-state index contributed by atoms with van der Waals surface area (Å²) in [5.41, 5.74) is 0.775. The normalized spacial score (nSPS) is 13.4. The van der Waals surface area contributed by atoms with E-state index in [-0.39, 0.29) is 11.7 Å². The molecule has 0 aliphatic heterocycles. The van der Waals surface area contributed by atoms with Gasteiger partial charge in [-0.15, -0.1) is 0 Å². The first kappa shape index (κ1) is 11.4. The highest BCUT2D eigenvalue weighted by atomic mass is 79.9. The van der Waals surface area contributed by atoms with Crippen molar-refractivity contribution in [3.05, 3.63) is 46.2 Å². The summed E-state index contributed by atoms with van der Waals surface area (Å²) >= 11 is 3.35. The van der Waals surface area contributed by atoms with Crippen LogP contribution in [0.1, 0.15) is 31.7 Å². The molecule has 1 atom stereocenters. The molecular weight excluding hydrogens is 243 g/mol. The predicted molar refractivity (Wildman–Crippen MR) is 61.9 cm³/mol. The standard InChI is InChI=1S/C12H14BrF/c1-3-4-5-9(2)11-8-10(13)6-7-12(11)14/h3-4,6-9H,5H2,1-2H3/b4-3-. The fourth-order valence-electron chi connectivity index (χ4n) is 1.36. The Kier molecular flexibility index (Phi) is 4.33. The molecule has 0 fully saturated rings. The van der Waals surface area contributed by atoms with Gasteiger partial charge < -0.3 is 0 Å². The van der Waals surface area contributed by atoms with Crippen LogP contribution in [0, 0.1) is 5.82 Å². The van der Waals surface area contributed by atoms with Gasteiger partial charge in [-0.1, -0.05) is 35.0 Å². The molecule has 0 nitrogen and oxygen atoms in total. The van der Waals surface area contributed by atoms with E-state index < -0.39 is 0 Å². The fourth-order valence-corrected chi connectivity index (χ4v) is 1.74. The molecule has 0 radical (unpaired) electrons. The minimum Gasteiger partial charge on any atom is -0.207 e. The molecule has 0 heterocycles. The Balaban J connectivity index is 2.87. The summed E-state index contributed by atoms with van der Waals surface area (Å²) in [4.78, 5) is 0. The maximum absolute atomic E-state index is 13.4. The first-order chi connectivity index (χ1) is 6.65. The summed E-state index contributed by atoms with van der Waals surface area (Å²) in [6.07, 6.45) is 4.93. The Bertz CT molecular complexity index is 331. The second-order valence-corrected chi connectivity index (χ2v) is 4.29. The van der Waals surface area contributed by atoms with Crippen LogP contribution in [0.4, 0.5) is 4.39 Å². The number of rotatable bonds is 3. The van der Waals surface area contributed by atoms with Crippen LogP contribution < -0.4 is 0 Å². The largest absolute Gasteiger partial charge is 0.207 e. The fraction of sp³-hybridized carbons (Fsp3) is 0.333. The van der Waals surface area contributed by atoms with Crippen LogP contribution in [-0.2, 0) is 0 Å². The molecule has 0 saturated carbocycles. The van der Waals surface area contributed by atoms with Crippen LogP contribution in [0.3, 0.4) is 0 Å². The van der Waals surface area contributed by atoms with Crippen LogP contribution in [-0.4, -0.2) is 0 Å². The van der Waals surface area contributed by atoms with Crippen molar-refractivity contribution in [3.8, 4) is 0 Å². The van der Waals surface area contributed by atoms with E-state index in [1.54, 1.807) is 6.07 Å². The zero-order chi connectivity index (χ0) is 10.6. The van der Waals surface area contributed by atoms with Crippen molar-refractivity contribution in [1.82, 2.24) is 0 Å². The lowest BCUT2D eigenvalue weighted by molar-refractivity contribution is 0.589. The maximum Gasteiger partial charge on any atom is 0.126 e. The lowest BCUT2D eigenvalue weighted by Gasteiger charge is -2.10. The highest BCUT2D eigenvalue weighted by Crippen LogP contribution is 2.25. The summed E-state index contributed by atoms with van der Waals surface area (Å²) < 4.78 is 14.3. The molecular formula is C12H14BrF. The van der Waals surface area contributed by atoms with Gasteiger partial charge in [-0.25, -0.2) is 4.39 Å². The van der Waals surface area contributed by atoms with E-state index >= 15 is 0 Å². The van der Waals surface area contributed by atoms with Crippen molar-refractivity contribution in [3.63, 3.8) is 0 Å². The molecule has 1 aromatic rings. The van der Waals surface area contributed by atoms with E-state index in [2.05, 4.69) is 22.0 Å². The quantitative estimate of drug-likeness (QED) is 0.691. The molecule has 0 amide bonds. The van der Waals surface area contributed by atoms with Crippen LogP contribution in [0.5, 0.6) is 0 Å². The van der Waals surface area contributed by atoms with Gasteiger partial charge in [0.25, 0.3) is 0 Å². The minimum absolute atomic E-state index is 0.120. The van der Waals surface area contributed by atoms with Crippen molar-refractivity contribution in [2.45, 2.75) is 26.2 Å². The third-order valence-electron chi connectivity index (χ3n) is 2.21. The molecule has 0 spiro atoms. The van der Waals surface area contributed by atoms with Gasteiger partial charge >= 0.3 is 0 Å². The lowest BCUT2D eigenvalue weighted by atomic mass is 9.97. The second kappa shape index (κ2) is 5.30. The SMILES string of the molecule is C/C=C\CC(C)c1cc(Br)ccc1F. The van der Waals surface area contributed by atoms with Crippen LogP contribution in [0.25, 0.3) is 0 Å². The zero-order valence-electron chi connectivity index (χ0n) is 8.43. The minimum atomic E-state index is -0.120. The van der Waals surface area contributed by atoms with E-state index in [1.165, 1.54) is 6.07 Å². The van der Waals surface area contributed by atoms with Crippen LogP contribution in [0.2, 0.25) is 0 Å². The molecule has 0 bridgehead atoms. The van der Waals surface area contributed by atoms with E-state index in [0.29, 0.717) is 0 Å². The first-order valence-electron chi connectivity index (χ1n) is 4.71. The van der Waals surface area contributed by atoms with Gasteiger partial charge in [0, 0.05) is 4.47 Å². The van der Waals surface area contributed by atoms with Gasteiger partial charge in [0.15, 0.2) is 0 Å². The zero-order valence-corrected chi connectivity index (χ0v) is 10.0. The summed E-state index contributed by atoms with van der Waals surface area (Å²) in [5, 5.41) is 0. The molecule has 1 unspecified atom stereocenters. The molecule has 0 aromatic heterocycles. The smallest absolute Gasteiger partial charge is 0.126 e.